The van der Waals surface area contributed by atoms with Gasteiger partial charge in [0, 0.05) is 6.07 Å². The molecule has 2 heterocycles. The molecule has 0 radical (unpaired) electrons. The first-order valence-corrected chi connectivity index (χ1v) is 5.24. The Labute approximate surface area is 96.9 Å². The minimum Gasteiger partial charge on any atom is -0.483 e. The first-order valence-electron chi connectivity index (χ1n) is 5.24. The van der Waals surface area contributed by atoms with Crippen LogP contribution < -0.4 is 10.3 Å². The molecular formula is C12H10N2O3. The van der Waals surface area contributed by atoms with Crippen LogP contribution in [0.4, 0.5) is 0 Å². The topological polar surface area (TPSA) is 64.3 Å². The summed E-state index contributed by atoms with van der Waals surface area (Å²) in [6, 6.07) is 8.79. The predicted octanol–water partition coefficient (Wildman–Crippen LogP) is 0.617. The molecule has 0 fully saturated rings. The average Bonchev–Trinajstić information content (AvgIpc) is 2.37. The van der Waals surface area contributed by atoms with Gasteiger partial charge in [-0.2, -0.15) is 4.98 Å². The van der Waals surface area contributed by atoms with Crippen molar-refractivity contribution >= 4 is 0 Å². The molecule has 1 aromatic heterocycles. The summed E-state index contributed by atoms with van der Waals surface area (Å²) in [7, 11) is 0. The van der Waals surface area contributed by atoms with Gasteiger partial charge >= 0.3 is 0 Å². The molecule has 0 atom stereocenters. The van der Waals surface area contributed by atoms with Crippen LogP contribution in [-0.2, 0) is 13.2 Å². The molecule has 17 heavy (non-hydrogen) atoms. The van der Waals surface area contributed by atoms with Gasteiger partial charge in [0.1, 0.15) is 12.4 Å². The van der Waals surface area contributed by atoms with E-state index in [1.807, 2.05) is 24.3 Å². The Balaban J connectivity index is 2.34. The van der Waals surface area contributed by atoms with Gasteiger partial charge < -0.3 is 9.84 Å². The first kappa shape index (κ1) is 10.0. The number of aromatic nitrogens is 2. The van der Waals surface area contributed by atoms with E-state index in [1.54, 1.807) is 4.57 Å². The maximum Gasteiger partial charge on any atom is 0.273 e. The van der Waals surface area contributed by atoms with Crippen LogP contribution in [0.2, 0.25) is 0 Å². The SMILES string of the molecule is O=c1cc(CO)n2c(n1)COc1ccccc1-2. The van der Waals surface area contributed by atoms with Crippen molar-refractivity contribution in [2.24, 2.45) is 0 Å². The van der Waals surface area contributed by atoms with Crippen molar-refractivity contribution in [3.63, 3.8) is 0 Å². The van der Waals surface area contributed by atoms with E-state index in [2.05, 4.69) is 4.98 Å². The van der Waals surface area contributed by atoms with Crippen LogP contribution in [0.1, 0.15) is 11.5 Å². The van der Waals surface area contributed by atoms with E-state index < -0.39 is 0 Å². The van der Waals surface area contributed by atoms with Crippen LogP contribution in [0.5, 0.6) is 5.75 Å². The number of fused-ring (bicyclic) bond motifs is 3. The quantitative estimate of drug-likeness (QED) is 0.779. The van der Waals surface area contributed by atoms with E-state index in [9.17, 15) is 9.90 Å². The van der Waals surface area contributed by atoms with Crippen molar-refractivity contribution < 1.29 is 9.84 Å². The molecule has 0 saturated heterocycles. The Hall–Kier alpha value is -2.14. The van der Waals surface area contributed by atoms with Crippen LogP contribution in [0.15, 0.2) is 35.1 Å². The molecule has 1 aliphatic heterocycles. The molecule has 1 N–H and O–H groups in total. The Morgan fingerprint density at radius 3 is 3.06 bits per heavy atom. The molecule has 0 bridgehead atoms. The van der Waals surface area contributed by atoms with Crippen LogP contribution >= 0.6 is 0 Å². The van der Waals surface area contributed by atoms with Crippen LogP contribution in [-0.4, -0.2) is 14.7 Å². The highest BCUT2D eigenvalue weighted by Gasteiger charge is 2.19. The molecule has 0 aliphatic carbocycles. The van der Waals surface area contributed by atoms with Gasteiger partial charge in [-0.3, -0.25) is 9.36 Å². The standard InChI is InChI=1S/C12H10N2O3/c15-6-8-5-12(16)13-11-7-17-10-4-2-1-3-9(10)14(8)11/h1-5,15H,6-7H2. The van der Waals surface area contributed by atoms with Gasteiger partial charge in [-0.05, 0) is 12.1 Å². The average molecular weight is 230 g/mol. The maximum absolute atomic E-state index is 11.3. The minimum absolute atomic E-state index is 0.209. The lowest BCUT2D eigenvalue weighted by Crippen LogP contribution is -2.24. The van der Waals surface area contributed by atoms with Gasteiger partial charge in [-0.1, -0.05) is 12.1 Å². The Kier molecular flexibility index (Phi) is 2.19. The highest BCUT2D eigenvalue weighted by Crippen LogP contribution is 2.29. The highest BCUT2D eigenvalue weighted by molar-refractivity contribution is 5.49. The van der Waals surface area contributed by atoms with E-state index in [1.165, 1.54) is 6.07 Å². The third-order valence-corrected chi connectivity index (χ3v) is 2.70. The molecule has 5 heteroatoms. The number of ether oxygens (including phenoxy) is 1. The fourth-order valence-electron chi connectivity index (χ4n) is 2.00. The lowest BCUT2D eigenvalue weighted by atomic mass is 10.2. The molecule has 86 valence electrons. The van der Waals surface area contributed by atoms with Gasteiger partial charge in [0.2, 0.25) is 0 Å². The van der Waals surface area contributed by atoms with Crippen LogP contribution in [0.3, 0.4) is 0 Å². The summed E-state index contributed by atoms with van der Waals surface area (Å²) < 4.78 is 7.26. The largest absolute Gasteiger partial charge is 0.483 e. The van der Waals surface area contributed by atoms with E-state index in [0.29, 0.717) is 11.5 Å². The molecule has 3 rings (SSSR count). The van der Waals surface area contributed by atoms with Crippen molar-refractivity contribution in [2.45, 2.75) is 13.2 Å². The lowest BCUT2D eigenvalue weighted by molar-refractivity contribution is 0.253. The zero-order valence-corrected chi connectivity index (χ0v) is 8.96. The molecule has 0 amide bonds. The van der Waals surface area contributed by atoms with Crippen molar-refractivity contribution in [2.75, 3.05) is 0 Å². The number of nitrogens with zero attached hydrogens (tertiary/aromatic N) is 2. The maximum atomic E-state index is 11.3. The summed E-state index contributed by atoms with van der Waals surface area (Å²) in [6.07, 6.45) is 0. The van der Waals surface area contributed by atoms with Gasteiger partial charge in [-0.15, -0.1) is 0 Å². The second-order valence-electron chi connectivity index (χ2n) is 3.75. The van der Waals surface area contributed by atoms with Crippen molar-refractivity contribution in [1.82, 2.24) is 9.55 Å². The zero-order valence-electron chi connectivity index (χ0n) is 8.96. The minimum atomic E-state index is -0.358. The number of aliphatic hydroxyl groups excluding tert-OH is 1. The second kappa shape index (κ2) is 3.71. The third kappa shape index (κ3) is 1.52. The number of benzene rings is 1. The normalized spacial score (nSPS) is 12.5. The zero-order chi connectivity index (χ0) is 11.8. The summed E-state index contributed by atoms with van der Waals surface area (Å²) in [5.41, 5.74) is 0.962. The monoisotopic (exact) mass is 230 g/mol. The Morgan fingerprint density at radius 2 is 2.24 bits per heavy atom. The molecule has 5 nitrogen and oxygen atoms in total. The molecule has 0 unspecified atom stereocenters. The van der Waals surface area contributed by atoms with Gasteiger partial charge in [0.25, 0.3) is 5.56 Å². The Morgan fingerprint density at radius 1 is 1.41 bits per heavy atom. The van der Waals surface area contributed by atoms with Crippen LogP contribution in [0, 0.1) is 0 Å². The number of hydrogen-bond acceptors (Lipinski definition) is 4. The van der Waals surface area contributed by atoms with Gasteiger partial charge in [0.15, 0.2) is 5.82 Å². The summed E-state index contributed by atoms with van der Waals surface area (Å²) in [5, 5.41) is 9.32. The van der Waals surface area contributed by atoms with Gasteiger partial charge in [0.05, 0.1) is 18.0 Å². The lowest BCUT2D eigenvalue weighted by Gasteiger charge is -2.23. The number of aliphatic hydroxyl groups is 1. The third-order valence-electron chi connectivity index (χ3n) is 2.70. The highest BCUT2D eigenvalue weighted by atomic mass is 16.5. The van der Waals surface area contributed by atoms with E-state index in [-0.39, 0.29) is 18.8 Å². The molecule has 0 saturated carbocycles. The summed E-state index contributed by atoms with van der Waals surface area (Å²) >= 11 is 0. The number of para-hydroxylation sites is 2. The second-order valence-corrected chi connectivity index (χ2v) is 3.75. The smallest absolute Gasteiger partial charge is 0.273 e. The van der Waals surface area contributed by atoms with E-state index in [4.69, 9.17) is 4.74 Å². The molecule has 1 aromatic carbocycles. The number of rotatable bonds is 1. The fourth-order valence-corrected chi connectivity index (χ4v) is 2.00. The summed E-state index contributed by atoms with van der Waals surface area (Å²) in [5.74, 6) is 1.24. The summed E-state index contributed by atoms with van der Waals surface area (Å²) in [4.78, 5) is 15.2. The van der Waals surface area contributed by atoms with Gasteiger partial charge in [-0.25, -0.2) is 0 Å². The molecule has 2 aromatic rings. The van der Waals surface area contributed by atoms with Crippen molar-refractivity contribution in [3.05, 3.63) is 52.2 Å². The first-order chi connectivity index (χ1) is 8.29. The predicted molar refractivity (Wildman–Crippen MR) is 60.1 cm³/mol. The number of hydrogen-bond donors (Lipinski definition) is 1. The molecule has 0 spiro atoms. The summed E-state index contributed by atoms with van der Waals surface area (Å²) in [6.45, 7) is 0.0270. The van der Waals surface area contributed by atoms with Crippen molar-refractivity contribution in [1.29, 1.82) is 0 Å². The Bertz CT molecular complexity index is 614. The van der Waals surface area contributed by atoms with E-state index in [0.717, 1.165) is 11.4 Å². The van der Waals surface area contributed by atoms with Crippen molar-refractivity contribution in [3.8, 4) is 11.4 Å². The molecule has 1 aliphatic rings. The fraction of sp³-hybridized carbons (Fsp3) is 0.167. The van der Waals surface area contributed by atoms with Crippen LogP contribution in [0.25, 0.3) is 5.69 Å². The van der Waals surface area contributed by atoms with E-state index >= 15 is 0 Å². The molecular weight excluding hydrogens is 220 g/mol.